The number of hydrogen-bond acceptors (Lipinski definition) is 6. The highest BCUT2D eigenvalue weighted by Crippen LogP contribution is 2.31. The average molecular weight is 367 g/mol. The molecule has 6 nitrogen and oxygen atoms in total. The van der Waals surface area contributed by atoms with Gasteiger partial charge in [-0.2, -0.15) is 4.98 Å². The molecule has 0 amide bonds. The summed E-state index contributed by atoms with van der Waals surface area (Å²) in [4.78, 5) is 21.0. The Morgan fingerprint density at radius 1 is 1.11 bits per heavy atom. The van der Waals surface area contributed by atoms with E-state index in [0.717, 1.165) is 50.1 Å². The van der Waals surface area contributed by atoms with E-state index in [0.29, 0.717) is 12.0 Å². The van der Waals surface area contributed by atoms with Gasteiger partial charge in [0.2, 0.25) is 5.95 Å². The zero-order valence-corrected chi connectivity index (χ0v) is 16.7. The molecule has 4 heterocycles. The Hall–Kier alpha value is -2.21. The minimum Gasteiger partial charge on any atom is -0.356 e. The molecule has 2 aromatic heterocycles. The first kappa shape index (κ1) is 18.2. The Bertz CT molecular complexity index is 749. The topological polar surface area (TPSA) is 48.4 Å². The van der Waals surface area contributed by atoms with Crippen molar-refractivity contribution in [3.05, 3.63) is 41.9 Å². The molecule has 2 aromatic rings. The molecule has 4 rings (SSSR count). The monoisotopic (exact) mass is 366 g/mol. The van der Waals surface area contributed by atoms with Crippen LogP contribution < -0.4 is 9.80 Å². The second kappa shape index (κ2) is 7.80. The Morgan fingerprint density at radius 3 is 2.52 bits per heavy atom. The van der Waals surface area contributed by atoms with Crippen LogP contribution >= 0.6 is 0 Å². The van der Waals surface area contributed by atoms with Crippen LogP contribution in [0.2, 0.25) is 0 Å². The van der Waals surface area contributed by atoms with E-state index in [2.05, 4.69) is 44.9 Å². The molecule has 0 unspecified atom stereocenters. The van der Waals surface area contributed by atoms with E-state index in [1.165, 1.54) is 18.5 Å². The molecule has 2 fully saturated rings. The van der Waals surface area contributed by atoms with Gasteiger partial charge in [0.05, 0.1) is 0 Å². The Morgan fingerprint density at radius 2 is 1.89 bits per heavy atom. The van der Waals surface area contributed by atoms with Crippen molar-refractivity contribution >= 4 is 11.8 Å². The summed E-state index contributed by atoms with van der Waals surface area (Å²) >= 11 is 0. The minimum absolute atomic E-state index is 0.612. The van der Waals surface area contributed by atoms with Crippen molar-refractivity contribution in [2.24, 2.45) is 0 Å². The predicted octanol–water partition coefficient (Wildman–Crippen LogP) is 2.57. The van der Waals surface area contributed by atoms with Crippen molar-refractivity contribution in [2.75, 3.05) is 50.1 Å². The third-order valence-electron chi connectivity index (χ3n) is 5.84. The number of piperidine rings is 1. The lowest BCUT2D eigenvalue weighted by Gasteiger charge is -2.47. The summed E-state index contributed by atoms with van der Waals surface area (Å²) < 4.78 is 0. The SMILES string of the molecule is CCc1cc(N2CCC(N3CC(c4ccccn4)C3)CC2)nc(N(C)C)n1. The van der Waals surface area contributed by atoms with Crippen molar-refractivity contribution in [3.63, 3.8) is 0 Å². The van der Waals surface area contributed by atoms with Crippen LogP contribution in [0.15, 0.2) is 30.5 Å². The van der Waals surface area contributed by atoms with Crippen molar-refractivity contribution in [1.82, 2.24) is 19.9 Å². The first-order chi connectivity index (χ1) is 13.1. The van der Waals surface area contributed by atoms with Crippen LogP contribution in [0.25, 0.3) is 0 Å². The van der Waals surface area contributed by atoms with Gasteiger partial charge in [0.25, 0.3) is 0 Å². The average Bonchev–Trinajstić information content (AvgIpc) is 2.68. The molecule has 2 aliphatic heterocycles. The largest absolute Gasteiger partial charge is 0.356 e. The van der Waals surface area contributed by atoms with Gasteiger partial charge in [0.1, 0.15) is 5.82 Å². The summed E-state index contributed by atoms with van der Waals surface area (Å²) in [6, 6.07) is 9.11. The van der Waals surface area contributed by atoms with E-state index in [-0.39, 0.29) is 0 Å². The molecule has 0 aliphatic carbocycles. The highest BCUT2D eigenvalue weighted by atomic mass is 15.3. The van der Waals surface area contributed by atoms with Gasteiger partial charge in [0, 0.05) is 75.9 Å². The quantitative estimate of drug-likeness (QED) is 0.811. The molecule has 0 atom stereocenters. The lowest BCUT2D eigenvalue weighted by molar-refractivity contribution is 0.0749. The summed E-state index contributed by atoms with van der Waals surface area (Å²) in [6.45, 7) is 6.60. The number of aryl methyl sites for hydroxylation is 1. The normalized spacial score (nSPS) is 19.1. The van der Waals surface area contributed by atoms with E-state index < -0.39 is 0 Å². The van der Waals surface area contributed by atoms with E-state index in [1.807, 2.05) is 31.3 Å². The van der Waals surface area contributed by atoms with Crippen molar-refractivity contribution in [2.45, 2.75) is 38.1 Å². The van der Waals surface area contributed by atoms with Gasteiger partial charge >= 0.3 is 0 Å². The van der Waals surface area contributed by atoms with Crippen LogP contribution in [0.3, 0.4) is 0 Å². The maximum atomic E-state index is 4.78. The van der Waals surface area contributed by atoms with Crippen molar-refractivity contribution in [1.29, 1.82) is 0 Å². The highest BCUT2D eigenvalue weighted by molar-refractivity contribution is 5.46. The van der Waals surface area contributed by atoms with Crippen LogP contribution in [-0.4, -0.2) is 66.2 Å². The Labute approximate surface area is 162 Å². The number of hydrogen-bond donors (Lipinski definition) is 0. The predicted molar refractivity (Wildman–Crippen MR) is 110 cm³/mol. The van der Waals surface area contributed by atoms with E-state index in [9.17, 15) is 0 Å². The van der Waals surface area contributed by atoms with Gasteiger partial charge in [-0.05, 0) is 31.4 Å². The number of aromatic nitrogens is 3. The molecule has 27 heavy (non-hydrogen) atoms. The number of rotatable bonds is 5. The number of likely N-dealkylation sites (tertiary alicyclic amines) is 1. The molecular weight excluding hydrogens is 336 g/mol. The van der Waals surface area contributed by atoms with Gasteiger partial charge in [-0.1, -0.05) is 13.0 Å². The number of anilines is 2. The molecule has 2 saturated heterocycles. The third-order valence-corrected chi connectivity index (χ3v) is 5.84. The second-order valence-electron chi connectivity index (χ2n) is 7.89. The second-order valence-corrected chi connectivity index (χ2v) is 7.89. The summed E-state index contributed by atoms with van der Waals surface area (Å²) in [6.07, 6.45) is 5.26. The number of pyridine rings is 1. The summed E-state index contributed by atoms with van der Waals surface area (Å²) in [7, 11) is 4.01. The fourth-order valence-electron chi connectivity index (χ4n) is 4.09. The number of nitrogens with zero attached hydrogens (tertiary/aromatic N) is 6. The molecule has 0 bridgehead atoms. The van der Waals surface area contributed by atoms with Gasteiger partial charge < -0.3 is 9.80 Å². The molecule has 2 aliphatic rings. The van der Waals surface area contributed by atoms with Gasteiger partial charge in [-0.15, -0.1) is 0 Å². The van der Waals surface area contributed by atoms with E-state index in [4.69, 9.17) is 4.98 Å². The summed E-state index contributed by atoms with van der Waals surface area (Å²) in [5, 5.41) is 0. The Balaban J connectivity index is 1.34. The molecule has 0 saturated carbocycles. The molecular formula is C21H30N6. The lowest BCUT2D eigenvalue weighted by atomic mass is 9.90. The standard InChI is InChI=1S/C21H30N6/c1-4-17-13-20(24-21(23-17)25(2)3)26-11-8-18(9-12-26)27-14-16(15-27)19-7-5-6-10-22-19/h5-7,10,13,16,18H,4,8-9,11-12,14-15H2,1-3H3. The van der Waals surface area contributed by atoms with E-state index in [1.54, 1.807) is 0 Å². The maximum absolute atomic E-state index is 4.78. The van der Waals surface area contributed by atoms with Crippen LogP contribution in [-0.2, 0) is 6.42 Å². The van der Waals surface area contributed by atoms with Crippen LogP contribution in [0.1, 0.15) is 37.1 Å². The van der Waals surface area contributed by atoms with Crippen molar-refractivity contribution < 1.29 is 0 Å². The summed E-state index contributed by atoms with van der Waals surface area (Å²) in [5.74, 6) is 2.51. The van der Waals surface area contributed by atoms with Crippen molar-refractivity contribution in [3.8, 4) is 0 Å². The van der Waals surface area contributed by atoms with Crippen LogP contribution in [0.5, 0.6) is 0 Å². The van der Waals surface area contributed by atoms with Gasteiger partial charge in [-0.3, -0.25) is 9.88 Å². The van der Waals surface area contributed by atoms with Crippen LogP contribution in [0, 0.1) is 0 Å². The Kier molecular flexibility index (Phi) is 5.25. The van der Waals surface area contributed by atoms with Gasteiger partial charge in [-0.25, -0.2) is 4.98 Å². The molecule has 0 radical (unpaired) electrons. The lowest BCUT2D eigenvalue weighted by Crippen LogP contribution is -2.54. The van der Waals surface area contributed by atoms with Crippen LogP contribution in [0.4, 0.5) is 11.8 Å². The fourth-order valence-corrected chi connectivity index (χ4v) is 4.09. The molecule has 144 valence electrons. The molecule has 0 aromatic carbocycles. The van der Waals surface area contributed by atoms with Gasteiger partial charge in [0.15, 0.2) is 0 Å². The smallest absolute Gasteiger partial charge is 0.227 e. The fraction of sp³-hybridized carbons (Fsp3) is 0.571. The third kappa shape index (κ3) is 3.90. The molecule has 0 N–H and O–H groups in total. The molecule has 0 spiro atoms. The summed E-state index contributed by atoms with van der Waals surface area (Å²) in [5.41, 5.74) is 2.36. The highest BCUT2D eigenvalue weighted by Gasteiger charge is 2.35. The zero-order chi connectivity index (χ0) is 18.8. The first-order valence-corrected chi connectivity index (χ1v) is 10.1. The first-order valence-electron chi connectivity index (χ1n) is 10.1. The van der Waals surface area contributed by atoms with E-state index >= 15 is 0 Å². The molecule has 6 heteroatoms. The maximum Gasteiger partial charge on any atom is 0.227 e. The zero-order valence-electron chi connectivity index (χ0n) is 16.7. The minimum atomic E-state index is 0.612.